The molecule has 0 spiro atoms. The summed E-state index contributed by atoms with van der Waals surface area (Å²) >= 11 is 0. The van der Waals surface area contributed by atoms with E-state index in [2.05, 4.69) is 37.4 Å². The molecule has 0 fully saturated rings. The molecule has 1 nitrogen and oxygen atoms in total. The van der Waals surface area contributed by atoms with E-state index in [0.29, 0.717) is 5.56 Å². The number of benzene rings is 2. The fourth-order valence-corrected chi connectivity index (χ4v) is 2.24. The Balaban J connectivity index is 2.04. The second-order valence-electron chi connectivity index (χ2n) is 5.05. The Morgan fingerprint density at radius 2 is 1.84 bits per heavy atom. The van der Waals surface area contributed by atoms with Crippen molar-refractivity contribution in [1.29, 1.82) is 0 Å². The SMILES string of the molecule is Cc1ccc(CN[C@H](C)c2ccccc2F)c(C)c1. The first-order valence-electron chi connectivity index (χ1n) is 6.62. The predicted molar refractivity (Wildman–Crippen MR) is 77.6 cm³/mol. The number of aryl methyl sites for hydroxylation is 2. The van der Waals surface area contributed by atoms with Crippen LogP contribution in [0.1, 0.15) is 35.2 Å². The van der Waals surface area contributed by atoms with Gasteiger partial charge < -0.3 is 5.32 Å². The lowest BCUT2D eigenvalue weighted by atomic mass is 10.0. The van der Waals surface area contributed by atoms with Gasteiger partial charge in [-0.05, 0) is 38.0 Å². The van der Waals surface area contributed by atoms with Crippen LogP contribution in [0.25, 0.3) is 0 Å². The van der Waals surface area contributed by atoms with E-state index < -0.39 is 0 Å². The number of halogens is 1. The Labute approximate surface area is 114 Å². The normalized spacial score (nSPS) is 12.4. The first-order chi connectivity index (χ1) is 9.08. The minimum absolute atomic E-state index is 0.00176. The van der Waals surface area contributed by atoms with E-state index in [0.717, 1.165) is 6.54 Å². The zero-order valence-corrected chi connectivity index (χ0v) is 11.7. The first kappa shape index (κ1) is 13.8. The molecule has 0 bridgehead atoms. The summed E-state index contributed by atoms with van der Waals surface area (Å²) in [7, 11) is 0. The monoisotopic (exact) mass is 257 g/mol. The number of nitrogens with one attached hydrogen (secondary N) is 1. The van der Waals surface area contributed by atoms with Crippen LogP contribution < -0.4 is 5.32 Å². The van der Waals surface area contributed by atoms with Gasteiger partial charge in [-0.25, -0.2) is 4.39 Å². The van der Waals surface area contributed by atoms with Gasteiger partial charge in [0.2, 0.25) is 0 Å². The first-order valence-corrected chi connectivity index (χ1v) is 6.62. The highest BCUT2D eigenvalue weighted by molar-refractivity contribution is 5.30. The lowest BCUT2D eigenvalue weighted by molar-refractivity contribution is 0.527. The Hall–Kier alpha value is -1.67. The van der Waals surface area contributed by atoms with E-state index in [1.165, 1.54) is 22.8 Å². The fourth-order valence-electron chi connectivity index (χ4n) is 2.24. The van der Waals surface area contributed by atoms with Crippen LogP contribution in [0.2, 0.25) is 0 Å². The zero-order chi connectivity index (χ0) is 13.8. The standard InChI is InChI=1S/C17H20FN/c1-12-8-9-15(13(2)10-12)11-19-14(3)16-6-4-5-7-17(16)18/h4-10,14,19H,11H2,1-3H3/t14-/m1/s1. The van der Waals surface area contributed by atoms with Gasteiger partial charge in [0.25, 0.3) is 0 Å². The van der Waals surface area contributed by atoms with Crippen LogP contribution in [0.15, 0.2) is 42.5 Å². The summed E-state index contributed by atoms with van der Waals surface area (Å²) in [6.45, 7) is 6.94. The van der Waals surface area contributed by atoms with E-state index in [4.69, 9.17) is 0 Å². The van der Waals surface area contributed by atoms with Gasteiger partial charge in [0, 0.05) is 18.2 Å². The van der Waals surface area contributed by atoms with Crippen molar-refractivity contribution in [2.24, 2.45) is 0 Å². The molecular weight excluding hydrogens is 237 g/mol. The summed E-state index contributed by atoms with van der Waals surface area (Å²) < 4.78 is 13.7. The average molecular weight is 257 g/mol. The summed E-state index contributed by atoms with van der Waals surface area (Å²) in [5.41, 5.74) is 4.51. The molecule has 2 heteroatoms. The summed E-state index contributed by atoms with van der Waals surface area (Å²) in [6.07, 6.45) is 0. The molecule has 0 amide bonds. The molecule has 19 heavy (non-hydrogen) atoms. The third kappa shape index (κ3) is 3.42. The van der Waals surface area contributed by atoms with E-state index in [1.807, 2.05) is 19.1 Å². The molecule has 0 aromatic heterocycles. The molecule has 0 aliphatic rings. The van der Waals surface area contributed by atoms with Crippen LogP contribution >= 0.6 is 0 Å². The topological polar surface area (TPSA) is 12.0 Å². The quantitative estimate of drug-likeness (QED) is 0.861. The maximum absolute atomic E-state index is 13.7. The Bertz CT molecular complexity index is 563. The average Bonchev–Trinajstić information content (AvgIpc) is 2.38. The van der Waals surface area contributed by atoms with Gasteiger partial charge in [-0.15, -0.1) is 0 Å². The van der Waals surface area contributed by atoms with E-state index in [9.17, 15) is 4.39 Å². The molecule has 100 valence electrons. The third-order valence-corrected chi connectivity index (χ3v) is 3.47. The van der Waals surface area contributed by atoms with E-state index in [1.54, 1.807) is 6.07 Å². The summed E-state index contributed by atoms with van der Waals surface area (Å²) in [5.74, 6) is -0.150. The van der Waals surface area contributed by atoms with Gasteiger partial charge in [0.05, 0.1) is 0 Å². The zero-order valence-electron chi connectivity index (χ0n) is 11.7. The molecule has 0 aliphatic carbocycles. The van der Waals surface area contributed by atoms with Crippen molar-refractivity contribution in [2.75, 3.05) is 0 Å². The Morgan fingerprint density at radius 1 is 1.11 bits per heavy atom. The highest BCUT2D eigenvalue weighted by Crippen LogP contribution is 2.17. The fraction of sp³-hybridized carbons (Fsp3) is 0.294. The second-order valence-corrected chi connectivity index (χ2v) is 5.05. The minimum atomic E-state index is -0.150. The Kier molecular flexibility index (Phi) is 4.33. The van der Waals surface area contributed by atoms with Crippen LogP contribution in [0, 0.1) is 19.7 Å². The third-order valence-electron chi connectivity index (χ3n) is 3.47. The van der Waals surface area contributed by atoms with Crippen molar-refractivity contribution in [3.63, 3.8) is 0 Å². The number of hydrogen-bond acceptors (Lipinski definition) is 1. The van der Waals surface area contributed by atoms with Crippen LogP contribution in [0.5, 0.6) is 0 Å². The van der Waals surface area contributed by atoms with Crippen molar-refractivity contribution >= 4 is 0 Å². The molecule has 1 N–H and O–H groups in total. The molecule has 2 aromatic rings. The van der Waals surface area contributed by atoms with Gasteiger partial charge in [-0.2, -0.15) is 0 Å². The van der Waals surface area contributed by atoms with Gasteiger partial charge in [-0.1, -0.05) is 42.0 Å². The predicted octanol–water partition coefficient (Wildman–Crippen LogP) is 4.29. The largest absolute Gasteiger partial charge is 0.306 e. The van der Waals surface area contributed by atoms with Crippen molar-refractivity contribution in [3.05, 3.63) is 70.5 Å². The molecule has 1 atom stereocenters. The van der Waals surface area contributed by atoms with Crippen molar-refractivity contribution in [1.82, 2.24) is 5.32 Å². The van der Waals surface area contributed by atoms with Crippen LogP contribution in [0.4, 0.5) is 4.39 Å². The summed E-state index contributed by atoms with van der Waals surface area (Å²) in [5, 5.41) is 3.38. The summed E-state index contributed by atoms with van der Waals surface area (Å²) in [4.78, 5) is 0. The lowest BCUT2D eigenvalue weighted by Crippen LogP contribution is -2.19. The number of hydrogen-bond donors (Lipinski definition) is 1. The van der Waals surface area contributed by atoms with E-state index in [-0.39, 0.29) is 11.9 Å². The molecule has 2 aromatic carbocycles. The lowest BCUT2D eigenvalue weighted by Gasteiger charge is -2.16. The number of rotatable bonds is 4. The molecule has 2 rings (SSSR count). The second kappa shape index (κ2) is 5.98. The van der Waals surface area contributed by atoms with Gasteiger partial charge in [-0.3, -0.25) is 0 Å². The van der Waals surface area contributed by atoms with Crippen LogP contribution in [-0.2, 0) is 6.54 Å². The van der Waals surface area contributed by atoms with Crippen molar-refractivity contribution in [3.8, 4) is 0 Å². The van der Waals surface area contributed by atoms with Gasteiger partial charge in [0.1, 0.15) is 5.82 Å². The maximum Gasteiger partial charge on any atom is 0.127 e. The Morgan fingerprint density at radius 3 is 2.53 bits per heavy atom. The summed E-state index contributed by atoms with van der Waals surface area (Å²) in [6, 6.07) is 13.3. The van der Waals surface area contributed by atoms with Crippen LogP contribution in [-0.4, -0.2) is 0 Å². The molecule has 0 saturated heterocycles. The molecule has 0 saturated carbocycles. The highest BCUT2D eigenvalue weighted by atomic mass is 19.1. The van der Waals surface area contributed by atoms with Gasteiger partial charge >= 0.3 is 0 Å². The molecule has 0 radical (unpaired) electrons. The highest BCUT2D eigenvalue weighted by Gasteiger charge is 2.09. The minimum Gasteiger partial charge on any atom is -0.306 e. The van der Waals surface area contributed by atoms with Crippen molar-refractivity contribution < 1.29 is 4.39 Å². The van der Waals surface area contributed by atoms with Crippen LogP contribution in [0.3, 0.4) is 0 Å². The molecule has 0 unspecified atom stereocenters. The molecule has 0 aliphatic heterocycles. The molecule has 0 heterocycles. The molecular formula is C17H20FN. The maximum atomic E-state index is 13.7. The van der Waals surface area contributed by atoms with Gasteiger partial charge in [0.15, 0.2) is 0 Å². The van der Waals surface area contributed by atoms with E-state index >= 15 is 0 Å². The van der Waals surface area contributed by atoms with Crippen molar-refractivity contribution in [2.45, 2.75) is 33.4 Å². The smallest absolute Gasteiger partial charge is 0.127 e.